The lowest BCUT2D eigenvalue weighted by Gasteiger charge is -2.38. The van der Waals surface area contributed by atoms with Gasteiger partial charge in [0.1, 0.15) is 17.2 Å². The third-order valence-electron chi connectivity index (χ3n) is 6.11. The first-order valence-electron chi connectivity index (χ1n) is 10.7. The van der Waals surface area contributed by atoms with E-state index < -0.39 is 6.23 Å². The van der Waals surface area contributed by atoms with Crippen molar-refractivity contribution in [1.29, 1.82) is 0 Å². The van der Waals surface area contributed by atoms with E-state index in [0.29, 0.717) is 11.5 Å². The Kier molecular flexibility index (Phi) is 5.46. The second-order valence-corrected chi connectivity index (χ2v) is 7.86. The molecule has 0 aliphatic carbocycles. The van der Waals surface area contributed by atoms with E-state index in [-0.39, 0.29) is 6.04 Å². The standard InChI is InChI=1S/C26H26N2O5/c1-29-18-8-5-16(6-9-18)21-15-22-20-14-19(30-2)10-12-23(20)33-26(28(22)27-21)17-7-11-24(31-3)25(13-17)32-4/h5-14,22,26H,15H2,1-4H3/t22-,26-/m0/s1. The van der Waals surface area contributed by atoms with Gasteiger partial charge in [0, 0.05) is 17.5 Å². The highest BCUT2D eigenvalue weighted by atomic mass is 16.5. The molecular weight excluding hydrogens is 420 g/mol. The number of methoxy groups -OCH3 is 4. The number of nitrogens with zero attached hydrogens (tertiary/aromatic N) is 2. The molecule has 0 spiro atoms. The zero-order valence-corrected chi connectivity index (χ0v) is 19.1. The van der Waals surface area contributed by atoms with Gasteiger partial charge in [0.15, 0.2) is 11.5 Å². The monoisotopic (exact) mass is 446 g/mol. The van der Waals surface area contributed by atoms with Crippen LogP contribution in [0.1, 0.15) is 35.4 Å². The van der Waals surface area contributed by atoms with E-state index >= 15 is 0 Å². The molecule has 5 rings (SSSR count). The number of hydrazone groups is 1. The van der Waals surface area contributed by atoms with Crippen LogP contribution in [0.15, 0.2) is 65.8 Å². The molecule has 0 unspecified atom stereocenters. The molecule has 2 atom stereocenters. The predicted molar refractivity (Wildman–Crippen MR) is 125 cm³/mol. The Labute approximate surface area is 193 Å². The summed E-state index contributed by atoms with van der Waals surface area (Å²) in [6.07, 6.45) is 0.339. The van der Waals surface area contributed by atoms with Gasteiger partial charge in [-0.1, -0.05) is 0 Å². The highest BCUT2D eigenvalue weighted by Gasteiger charge is 2.41. The van der Waals surface area contributed by atoms with Crippen LogP contribution in [0, 0.1) is 0 Å². The van der Waals surface area contributed by atoms with Gasteiger partial charge in [-0.2, -0.15) is 5.10 Å². The molecule has 0 aromatic heterocycles. The molecule has 0 bridgehead atoms. The van der Waals surface area contributed by atoms with Crippen molar-refractivity contribution in [1.82, 2.24) is 5.01 Å². The van der Waals surface area contributed by atoms with Gasteiger partial charge in [-0.3, -0.25) is 0 Å². The van der Waals surface area contributed by atoms with Crippen LogP contribution < -0.4 is 23.7 Å². The van der Waals surface area contributed by atoms with E-state index in [1.807, 2.05) is 65.7 Å². The summed E-state index contributed by atoms with van der Waals surface area (Å²) in [6.45, 7) is 0. The number of fused-ring (bicyclic) bond motifs is 3. The Morgan fingerprint density at radius 2 is 1.52 bits per heavy atom. The normalized spacial score (nSPS) is 18.5. The van der Waals surface area contributed by atoms with E-state index in [2.05, 4.69) is 0 Å². The molecular formula is C26H26N2O5. The number of ether oxygens (including phenoxy) is 5. The number of rotatable bonds is 6. The van der Waals surface area contributed by atoms with Crippen molar-refractivity contribution in [2.75, 3.05) is 28.4 Å². The molecule has 2 aliphatic heterocycles. The summed E-state index contributed by atoms with van der Waals surface area (Å²) in [4.78, 5) is 0. The van der Waals surface area contributed by atoms with E-state index in [0.717, 1.165) is 46.1 Å². The summed E-state index contributed by atoms with van der Waals surface area (Å²) in [5.74, 6) is 3.75. The molecule has 7 heteroatoms. The summed E-state index contributed by atoms with van der Waals surface area (Å²) in [7, 11) is 6.59. The summed E-state index contributed by atoms with van der Waals surface area (Å²) in [5.41, 5.74) is 4.03. The molecule has 3 aromatic rings. The van der Waals surface area contributed by atoms with Crippen molar-refractivity contribution in [3.05, 3.63) is 77.4 Å². The second kappa shape index (κ2) is 8.58. The lowest BCUT2D eigenvalue weighted by atomic mass is 9.95. The van der Waals surface area contributed by atoms with Crippen LogP contribution in [0.2, 0.25) is 0 Å². The average Bonchev–Trinajstić information content (AvgIpc) is 3.33. The summed E-state index contributed by atoms with van der Waals surface area (Å²) < 4.78 is 28.2. The third kappa shape index (κ3) is 3.69. The van der Waals surface area contributed by atoms with Crippen molar-refractivity contribution < 1.29 is 23.7 Å². The molecule has 0 saturated heterocycles. The minimum atomic E-state index is -0.411. The molecule has 0 fully saturated rings. The average molecular weight is 447 g/mol. The van der Waals surface area contributed by atoms with Crippen molar-refractivity contribution in [3.63, 3.8) is 0 Å². The van der Waals surface area contributed by atoms with Crippen LogP contribution in [-0.4, -0.2) is 39.2 Å². The van der Waals surface area contributed by atoms with Gasteiger partial charge >= 0.3 is 0 Å². The van der Waals surface area contributed by atoms with Crippen LogP contribution in [0.25, 0.3) is 0 Å². The lowest BCUT2D eigenvalue weighted by molar-refractivity contribution is -0.0193. The molecule has 7 nitrogen and oxygen atoms in total. The smallest absolute Gasteiger partial charge is 0.214 e. The van der Waals surface area contributed by atoms with Gasteiger partial charge < -0.3 is 23.7 Å². The van der Waals surface area contributed by atoms with Gasteiger partial charge in [-0.05, 0) is 66.2 Å². The Morgan fingerprint density at radius 1 is 0.788 bits per heavy atom. The second-order valence-electron chi connectivity index (χ2n) is 7.86. The van der Waals surface area contributed by atoms with E-state index in [1.165, 1.54) is 0 Å². The van der Waals surface area contributed by atoms with Crippen molar-refractivity contribution in [2.24, 2.45) is 5.10 Å². The highest BCUT2D eigenvalue weighted by molar-refractivity contribution is 6.02. The largest absolute Gasteiger partial charge is 0.497 e. The number of benzene rings is 3. The van der Waals surface area contributed by atoms with Crippen molar-refractivity contribution in [3.8, 4) is 28.7 Å². The maximum Gasteiger partial charge on any atom is 0.214 e. The van der Waals surface area contributed by atoms with Crippen LogP contribution >= 0.6 is 0 Å². The Balaban J connectivity index is 1.58. The molecule has 0 amide bonds. The molecule has 2 aliphatic rings. The molecule has 0 radical (unpaired) electrons. The molecule has 33 heavy (non-hydrogen) atoms. The summed E-state index contributed by atoms with van der Waals surface area (Å²) >= 11 is 0. The fourth-order valence-electron chi connectivity index (χ4n) is 4.38. The summed E-state index contributed by atoms with van der Waals surface area (Å²) in [5, 5.41) is 7.05. The van der Waals surface area contributed by atoms with Crippen LogP contribution in [0.5, 0.6) is 28.7 Å². The van der Waals surface area contributed by atoms with Gasteiger partial charge in [0.05, 0.1) is 40.2 Å². The van der Waals surface area contributed by atoms with Gasteiger partial charge in [0.25, 0.3) is 0 Å². The Morgan fingerprint density at radius 3 is 2.21 bits per heavy atom. The van der Waals surface area contributed by atoms with Crippen LogP contribution in [0.3, 0.4) is 0 Å². The van der Waals surface area contributed by atoms with Crippen molar-refractivity contribution >= 4 is 5.71 Å². The van der Waals surface area contributed by atoms with Crippen LogP contribution in [0.4, 0.5) is 0 Å². The number of hydrogen-bond acceptors (Lipinski definition) is 7. The van der Waals surface area contributed by atoms with E-state index in [1.54, 1.807) is 28.4 Å². The molecule has 0 saturated carbocycles. The van der Waals surface area contributed by atoms with Gasteiger partial charge in [-0.25, -0.2) is 5.01 Å². The maximum atomic E-state index is 6.47. The SMILES string of the molecule is COc1ccc(C2=NN3[C@@H](C2)c2cc(OC)ccc2O[C@H]3c2ccc(OC)c(OC)c2)cc1. The van der Waals surface area contributed by atoms with Gasteiger partial charge in [0.2, 0.25) is 6.23 Å². The zero-order valence-electron chi connectivity index (χ0n) is 19.1. The first-order chi connectivity index (χ1) is 16.1. The van der Waals surface area contributed by atoms with Crippen molar-refractivity contribution in [2.45, 2.75) is 18.7 Å². The topological polar surface area (TPSA) is 61.8 Å². The fourth-order valence-corrected chi connectivity index (χ4v) is 4.38. The van der Waals surface area contributed by atoms with Crippen LogP contribution in [-0.2, 0) is 0 Å². The number of hydrogen-bond donors (Lipinski definition) is 0. The minimum Gasteiger partial charge on any atom is -0.497 e. The molecule has 3 aromatic carbocycles. The third-order valence-corrected chi connectivity index (χ3v) is 6.11. The molecule has 0 N–H and O–H groups in total. The first kappa shape index (κ1) is 21.0. The lowest BCUT2D eigenvalue weighted by Crippen LogP contribution is -2.33. The predicted octanol–water partition coefficient (Wildman–Crippen LogP) is 4.96. The Hall–Kier alpha value is -3.87. The highest BCUT2D eigenvalue weighted by Crippen LogP contribution is 2.49. The van der Waals surface area contributed by atoms with Gasteiger partial charge in [-0.15, -0.1) is 0 Å². The van der Waals surface area contributed by atoms with E-state index in [4.69, 9.17) is 28.8 Å². The minimum absolute atomic E-state index is 0.0130. The summed E-state index contributed by atoms with van der Waals surface area (Å²) in [6, 6.07) is 19.7. The fraction of sp³-hybridized carbons (Fsp3) is 0.269. The van der Waals surface area contributed by atoms with E-state index in [9.17, 15) is 0 Å². The molecule has 170 valence electrons. The maximum absolute atomic E-state index is 6.47. The Bertz CT molecular complexity index is 1190. The quantitative estimate of drug-likeness (QED) is 0.533. The zero-order chi connectivity index (χ0) is 22.9. The first-order valence-corrected chi connectivity index (χ1v) is 10.7. The molecule has 2 heterocycles.